The third-order valence-electron chi connectivity index (χ3n) is 2.84. The van der Waals surface area contributed by atoms with Crippen LogP contribution in [0, 0.1) is 6.92 Å². The smallest absolute Gasteiger partial charge is 0.178 e. The Hall–Kier alpha value is -1.04. The van der Waals surface area contributed by atoms with E-state index in [9.17, 15) is 0 Å². The maximum absolute atomic E-state index is 5.98. The molecule has 0 radical (unpaired) electrons. The fraction of sp³-hybridized carbons (Fsp3) is 0.143. The topological polar surface area (TPSA) is 41.6 Å². The van der Waals surface area contributed by atoms with Crippen LogP contribution in [0.25, 0.3) is 11.2 Å². The fourth-order valence-corrected chi connectivity index (χ4v) is 3.18. The predicted molar refractivity (Wildman–Crippen MR) is 87.3 cm³/mol. The first-order valence-corrected chi connectivity index (χ1v) is 8.17. The summed E-state index contributed by atoms with van der Waals surface area (Å²) >= 11 is 11.1. The second-order valence-electron chi connectivity index (χ2n) is 4.39. The molecular formula is C14H11BrClN3S. The first kappa shape index (κ1) is 13.9. The highest BCUT2D eigenvalue weighted by molar-refractivity contribution is 9.10. The summed E-state index contributed by atoms with van der Waals surface area (Å²) in [6, 6.07) is 9.87. The number of thioether (sulfide) groups is 1. The van der Waals surface area contributed by atoms with Crippen molar-refractivity contribution < 1.29 is 0 Å². The highest BCUT2D eigenvalue weighted by atomic mass is 79.9. The summed E-state index contributed by atoms with van der Waals surface area (Å²) in [7, 11) is 0. The molecule has 0 amide bonds. The molecule has 0 unspecified atom stereocenters. The summed E-state index contributed by atoms with van der Waals surface area (Å²) in [6.07, 6.45) is 0. The van der Waals surface area contributed by atoms with E-state index in [4.69, 9.17) is 11.6 Å². The normalized spacial score (nSPS) is 11.2. The minimum Gasteiger partial charge on any atom is -0.331 e. The second-order valence-corrected chi connectivity index (χ2v) is 6.64. The van der Waals surface area contributed by atoms with Crippen LogP contribution in [0.4, 0.5) is 0 Å². The van der Waals surface area contributed by atoms with Gasteiger partial charge in [0.2, 0.25) is 0 Å². The molecule has 0 bridgehead atoms. The zero-order chi connectivity index (χ0) is 14.1. The van der Waals surface area contributed by atoms with Gasteiger partial charge in [0.15, 0.2) is 10.8 Å². The largest absolute Gasteiger partial charge is 0.331 e. The molecule has 3 nitrogen and oxygen atoms in total. The summed E-state index contributed by atoms with van der Waals surface area (Å²) in [5.41, 5.74) is 3.80. The minimum absolute atomic E-state index is 0.749. The van der Waals surface area contributed by atoms with Crippen molar-refractivity contribution >= 4 is 50.5 Å². The van der Waals surface area contributed by atoms with Gasteiger partial charge in [0.25, 0.3) is 0 Å². The Morgan fingerprint density at radius 1 is 1.30 bits per heavy atom. The molecule has 102 valence electrons. The number of hydrogen-bond acceptors (Lipinski definition) is 3. The van der Waals surface area contributed by atoms with Gasteiger partial charge >= 0.3 is 0 Å². The molecule has 0 fully saturated rings. The van der Waals surface area contributed by atoms with Crippen LogP contribution in [-0.2, 0) is 5.75 Å². The second kappa shape index (κ2) is 5.76. The highest BCUT2D eigenvalue weighted by Crippen LogP contribution is 2.25. The van der Waals surface area contributed by atoms with Gasteiger partial charge in [0, 0.05) is 15.2 Å². The minimum atomic E-state index is 0.749. The summed E-state index contributed by atoms with van der Waals surface area (Å²) in [6.45, 7) is 1.96. The van der Waals surface area contributed by atoms with Crippen molar-refractivity contribution in [3.8, 4) is 0 Å². The molecule has 3 aromatic rings. The van der Waals surface area contributed by atoms with Crippen LogP contribution in [-0.4, -0.2) is 15.0 Å². The third kappa shape index (κ3) is 3.00. The number of benzene rings is 1. The summed E-state index contributed by atoms with van der Waals surface area (Å²) < 4.78 is 0.986. The van der Waals surface area contributed by atoms with Crippen molar-refractivity contribution in [2.45, 2.75) is 17.8 Å². The number of aromatic amines is 1. The summed E-state index contributed by atoms with van der Waals surface area (Å²) in [4.78, 5) is 12.2. The molecule has 3 rings (SSSR count). The van der Waals surface area contributed by atoms with Crippen molar-refractivity contribution in [1.82, 2.24) is 15.0 Å². The zero-order valence-corrected chi connectivity index (χ0v) is 13.8. The molecule has 1 aromatic carbocycles. The number of imidazole rings is 1. The molecule has 0 atom stereocenters. The van der Waals surface area contributed by atoms with E-state index in [1.165, 1.54) is 5.56 Å². The van der Waals surface area contributed by atoms with Crippen molar-refractivity contribution in [1.29, 1.82) is 0 Å². The number of nitrogens with one attached hydrogen (secondary N) is 1. The van der Waals surface area contributed by atoms with Crippen LogP contribution in [0.2, 0.25) is 5.02 Å². The van der Waals surface area contributed by atoms with Gasteiger partial charge in [-0.15, -0.1) is 0 Å². The Labute approximate surface area is 134 Å². The molecule has 2 aromatic heterocycles. The van der Waals surface area contributed by atoms with Crippen LogP contribution >= 0.6 is 39.3 Å². The Morgan fingerprint density at radius 2 is 2.15 bits per heavy atom. The molecule has 0 saturated carbocycles. The van der Waals surface area contributed by atoms with Gasteiger partial charge in [-0.2, -0.15) is 0 Å². The number of pyridine rings is 1. The molecule has 0 spiro atoms. The Bertz CT molecular complexity index is 733. The van der Waals surface area contributed by atoms with E-state index in [0.29, 0.717) is 0 Å². The Balaban J connectivity index is 1.81. The number of aromatic nitrogens is 3. The SMILES string of the molecule is Cc1nc2nc(SCc3cccc(Cl)c3)[nH]c2cc1Br. The van der Waals surface area contributed by atoms with E-state index in [-0.39, 0.29) is 0 Å². The summed E-state index contributed by atoms with van der Waals surface area (Å²) in [5.74, 6) is 0.820. The van der Waals surface area contributed by atoms with Crippen molar-refractivity contribution in [3.63, 3.8) is 0 Å². The Kier molecular flexibility index (Phi) is 4.01. The molecule has 2 heterocycles. The van der Waals surface area contributed by atoms with E-state index < -0.39 is 0 Å². The lowest BCUT2D eigenvalue weighted by Gasteiger charge is -1.99. The monoisotopic (exact) mass is 367 g/mol. The number of H-pyrrole nitrogens is 1. The lowest BCUT2D eigenvalue weighted by Crippen LogP contribution is -1.83. The van der Waals surface area contributed by atoms with Gasteiger partial charge < -0.3 is 4.98 Å². The van der Waals surface area contributed by atoms with Gasteiger partial charge in [0.1, 0.15) is 0 Å². The highest BCUT2D eigenvalue weighted by Gasteiger charge is 2.07. The van der Waals surface area contributed by atoms with Gasteiger partial charge in [-0.1, -0.05) is 35.5 Å². The predicted octanol–water partition coefficient (Wildman–Crippen LogP) is 4.97. The quantitative estimate of drug-likeness (QED) is 0.663. The average Bonchev–Trinajstić information content (AvgIpc) is 2.79. The molecule has 0 aliphatic rings. The van der Waals surface area contributed by atoms with E-state index >= 15 is 0 Å². The van der Waals surface area contributed by atoms with E-state index in [1.54, 1.807) is 11.8 Å². The molecule has 0 aliphatic carbocycles. The van der Waals surface area contributed by atoms with Crippen LogP contribution in [0.3, 0.4) is 0 Å². The molecule has 6 heteroatoms. The van der Waals surface area contributed by atoms with Crippen LogP contribution in [0.5, 0.6) is 0 Å². The molecule has 0 saturated heterocycles. The molecular weight excluding hydrogens is 358 g/mol. The number of fused-ring (bicyclic) bond motifs is 1. The van der Waals surface area contributed by atoms with Gasteiger partial charge in [0.05, 0.1) is 11.2 Å². The third-order valence-corrected chi connectivity index (χ3v) is 4.83. The number of halogens is 2. The Morgan fingerprint density at radius 3 is 2.95 bits per heavy atom. The number of rotatable bonds is 3. The summed E-state index contributed by atoms with van der Waals surface area (Å²) in [5, 5.41) is 1.62. The number of hydrogen-bond donors (Lipinski definition) is 1. The molecule has 0 aliphatic heterocycles. The molecule has 1 N–H and O–H groups in total. The zero-order valence-electron chi connectivity index (χ0n) is 10.7. The van der Waals surface area contributed by atoms with Crippen LogP contribution in [0.1, 0.15) is 11.3 Å². The fourth-order valence-electron chi connectivity index (χ4n) is 1.83. The van der Waals surface area contributed by atoms with Crippen molar-refractivity contribution in [3.05, 3.63) is 51.1 Å². The average molecular weight is 369 g/mol. The van der Waals surface area contributed by atoms with Crippen LogP contribution in [0.15, 0.2) is 40.0 Å². The van der Waals surface area contributed by atoms with Gasteiger partial charge in [-0.05, 0) is 46.6 Å². The number of nitrogens with zero attached hydrogens (tertiary/aromatic N) is 2. The maximum Gasteiger partial charge on any atom is 0.178 e. The van der Waals surface area contributed by atoms with Crippen molar-refractivity contribution in [2.75, 3.05) is 0 Å². The van der Waals surface area contributed by atoms with Crippen molar-refractivity contribution in [2.24, 2.45) is 0 Å². The first-order valence-electron chi connectivity index (χ1n) is 6.02. The lowest BCUT2D eigenvalue weighted by atomic mass is 10.2. The molecule has 20 heavy (non-hydrogen) atoms. The maximum atomic E-state index is 5.98. The van der Waals surface area contributed by atoms with E-state index in [2.05, 4.69) is 36.9 Å². The van der Waals surface area contributed by atoms with Gasteiger partial charge in [-0.25, -0.2) is 9.97 Å². The van der Waals surface area contributed by atoms with Gasteiger partial charge in [-0.3, -0.25) is 0 Å². The standard InChI is InChI=1S/C14H11BrClN3S/c1-8-11(15)6-12-13(17-8)19-14(18-12)20-7-9-3-2-4-10(16)5-9/h2-6H,7H2,1H3,(H,17,18,19). The first-order chi connectivity index (χ1) is 9.61. The van der Waals surface area contributed by atoms with E-state index in [1.807, 2.05) is 31.2 Å². The lowest BCUT2D eigenvalue weighted by molar-refractivity contribution is 1.07. The van der Waals surface area contributed by atoms with Crippen LogP contribution < -0.4 is 0 Å². The number of aryl methyl sites for hydroxylation is 1. The van der Waals surface area contributed by atoms with E-state index in [0.717, 1.165) is 37.3 Å².